The monoisotopic (exact) mass is 259 g/mol. The van der Waals surface area contributed by atoms with E-state index in [1.807, 2.05) is 31.6 Å². The Hall–Kier alpha value is -1.81. The summed E-state index contributed by atoms with van der Waals surface area (Å²) >= 11 is 0. The van der Waals surface area contributed by atoms with Crippen LogP contribution in [0.3, 0.4) is 0 Å². The molecule has 102 valence electrons. The second-order valence-corrected chi connectivity index (χ2v) is 4.82. The van der Waals surface area contributed by atoms with Gasteiger partial charge in [0.15, 0.2) is 0 Å². The van der Waals surface area contributed by atoms with Crippen LogP contribution < -0.4 is 5.32 Å². The lowest BCUT2D eigenvalue weighted by atomic mass is 10.1. The minimum absolute atomic E-state index is 0.372. The lowest BCUT2D eigenvalue weighted by molar-refractivity contribution is 0.463. The Kier molecular flexibility index (Phi) is 4.98. The standard InChI is InChI=1S/C15H21N3O/c1-13-4-5-15(19)14(10-13)11-16-6-2-3-8-18-9-7-17-12-18/h4-5,7,9-10,12,16,19H,2-3,6,8,11H2,1H3. The molecule has 2 rings (SSSR count). The van der Waals surface area contributed by atoms with E-state index in [1.165, 1.54) is 5.56 Å². The van der Waals surface area contributed by atoms with E-state index in [1.54, 1.807) is 12.3 Å². The molecule has 0 aliphatic carbocycles. The summed E-state index contributed by atoms with van der Waals surface area (Å²) in [7, 11) is 0. The highest BCUT2D eigenvalue weighted by atomic mass is 16.3. The molecular formula is C15H21N3O. The molecule has 0 bridgehead atoms. The van der Waals surface area contributed by atoms with Gasteiger partial charge in [0.1, 0.15) is 5.75 Å². The van der Waals surface area contributed by atoms with Gasteiger partial charge < -0.3 is 15.0 Å². The zero-order chi connectivity index (χ0) is 13.5. The smallest absolute Gasteiger partial charge is 0.120 e. The summed E-state index contributed by atoms with van der Waals surface area (Å²) in [5.74, 6) is 0.372. The predicted octanol–water partition coefficient (Wildman–Crippen LogP) is 2.47. The summed E-state index contributed by atoms with van der Waals surface area (Å²) in [6.45, 7) is 4.73. The third-order valence-corrected chi connectivity index (χ3v) is 3.13. The van der Waals surface area contributed by atoms with Crippen LogP contribution in [-0.4, -0.2) is 21.2 Å². The minimum Gasteiger partial charge on any atom is -0.508 e. The lowest BCUT2D eigenvalue weighted by Crippen LogP contribution is -2.15. The molecule has 1 aromatic heterocycles. The second kappa shape index (κ2) is 6.95. The number of nitrogens with zero attached hydrogens (tertiary/aromatic N) is 2. The molecule has 0 atom stereocenters. The third-order valence-electron chi connectivity index (χ3n) is 3.13. The number of aromatic nitrogens is 2. The van der Waals surface area contributed by atoms with Crippen molar-refractivity contribution in [2.75, 3.05) is 6.54 Å². The average molecular weight is 259 g/mol. The van der Waals surface area contributed by atoms with E-state index in [-0.39, 0.29) is 0 Å². The van der Waals surface area contributed by atoms with Crippen LogP contribution in [0.15, 0.2) is 36.9 Å². The molecule has 19 heavy (non-hydrogen) atoms. The second-order valence-electron chi connectivity index (χ2n) is 4.82. The molecule has 4 nitrogen and oxygen atoms in total. The van der Waals surface area contributed by atoms with Crippen LogP contribution in [0, 0.1) is 6.92 Å². The van der Waals surface area contributed by atoms with E-state index in [9.17, 15) is 5.11 Å². The van der Waals surface area contributed by atoms with Gasteiger partial charge in [-0.3, -0.25) is 0 Å². The maximum Gasteiger partial charge on any atom is 0.120 e. The maximum absolute atomic E-state index is 9.71. The molecule has 0 fully saturated rings. The first-order valence-corrected chi connectivity index (χ1v) is 6.70. The van der Waals surface area contributed by atoms with E-state index in [0.717, 1.165) is 38.0 Å². The van der Waals surface area contributed by atoms with Crippen molar-refractivity contribution in [1.82, 2.24) is 14.9 Å². The molecule has 0 amide bonds. The number of benzene rings is 1. The van der Waals surface area contributed by atoms with Gasteiger partial charge in [-0.25, -0.2) is 4.98 Å². The number of imidazole rings is 1. The Morgan fingerprint density at radius 3 is 3.00 bits per heavy atom. The Bertz CT molecular complexity index is 494. The van der Waals surface area contributed by atoms with Gasteiger partial charge in [-0.1, -0.05) is 17.7 Å². The SMILES string of the molecule is Cc1ccc(O)c(CNCCCCn2ccnc2)c1. The summed E-state index contributed by atoms with van der Waals surface area (Å²) in [4.78, 5) is 4.01. The van der Waals surface area contributed by atoms with Gasteiger partial charge >= 0.3 is 0 Å². The Labute approximate surface area is 114 Å². The zero-order valence-corrected chi connectivity index (χ0v) is 11.3. The highest BCUT2D eigenvalue weighted by Gasteiger charge is 2.00. The number of phenols is 1. The molecule has 0 radical (unpaired) electrons. The summed E-state index contributed by atoms with van der Waals surface area (Å²) in [5, 5.41) is 13.1. The normalized spacial score (nSPS) is 10.8. The van der Waals surface area contributed by atoms with Crippen LogP contribution in [0.4, 0.5) is 0 Å². The summed E-state index contributed by atoms with van der Waals surface area (Å²) in [6, 6.07) is 5.70. The van der Waals surface area contributed by atoms with Crippen molar-refractivity contribution in [3.05, 3.63) is 48.0 Å². The molecule has 0 saturated heterocycles. The van der Waals surface area contributed by atoms with Gasteiger partial charge in [-0.2, -0.15) is 0 Å². The molecule has 1 aromatic carbocycles. The molecule has 4 heteroatoms. The Balaban J connectivity index is 1.62. The Morgan fingerprint density at radius 1 is 1.32 bits per heavy atom. The molecule has 0 aliphatic heterocycles. The first-order chi connectivity index (χ1) is 9.25. The van der Waals surface area contributed by atoms with Crippen molar-refractivity contribution < 1.29 is 5.11 Å². The molecule has 0 unspecified atom stereocenters. The van der Waals surface area contributed by atoms with Crippen LogP contribution in [0.25, 0.3) is 0 Å². The molecule has 2 aromatic rings. The van der Waals surface area contributed by atoms with Gasteiger partial charge in [-0.15, -0.1) is 0 Å². The van der Waals surface area contributed by atoms with E-state index >= 15 is 0 Å². The molecule has 0 saturated carbocycles. The highest BCUT2D eigenvalue weighted by Crippen LogP contribution is 2.17. The van der Waals surface area contributed by atoms with Crippen LogP contribution in [0.5, 0.6) is 5.75 Å². The number of phenolic OH excluding ortho intramolecular Hbond substituents is 1. The van der Waals surface area contributed by atoms with E-state index in [4.69, 9.17) is 0 Å². The quantitative estimate of drug-likeness (QED) is 0.751. The third kappa shape index (κ3) is 4.41. The van der Waals surface area contributed by atoms with Gasteiger partial charge in [0, 0.05) is 31.0 Å². The van der Waals surface area contributed by atoms with Crippen molar-refractivity contribution >= 4 is 0 Å². The van der Waals surface area contributed by atoms with Gasteiger partial charge in [0.05, 0.1) is 6.33 Å². The van der Waals surface area contributed by atoms with Crippen molar-refractivity contribution in [2.45, 2.75) is 32.9 Å². The van der Waals surface area contributed by atoms with E-state index < -0.39 is 0 Å². The van der Waals surface area contributed by atoms with Crippen molar-refractivity contribution in [1.29, 1.82) is 0 Å². The molecule has 0 spiro atoms. The largest absolute Gasteiger partial charge is 0.508 e. The minimum atomic E-state index is 0.372. The number of hydrogen-bond acceptors (Lipinski definition) is 3. The molecule has 1 heterocycles. The van der Waals surface area contributed by atoms with Crippen molar-refractivity contribution in [3.63, 3.8) is 0 Å². The number of hydrogen-bond donors (Lipinski definition) is 2. The molecule has 2 N–H and O–H groups in total. The van der Waals surface area contributed by atoms with Crippen LogP contribution >= 0.6 is 0 Å². The molecule has 0 aliphatic rings. The van der Waals surface area contributed by atoms with Crippen LogP contribution in [0.1, 0.15) is 24.0 Å². The summed E-state index contributed by atoms with van der Waals surface area (Å²) < 4.78 is 2.09. The van der Waals surface area contributed by atoms with E-state index in [2.05, 4.69) is 14.9 Å². The predicted molar refractivity (Wildman–Crippen MR) is 76.0 cm³/mol. The lowest BCUT2D eigenvalue weighted by Gasteiger charge is -2.08. The number of nitrogens with one attached hydrogen (secondary N) is 1. The van der Waals surface area contributed by atoms with E-state index in [0.29, 0.717) is 5.75 Å². The fourth-order valence-corrected chi connectivity index (χ4v) is 2.04. The van der Waals surface area contributed by atoms with Gasteiger partial charge in [0.2, 0.25) is 0 Å². The number of unbranched alkanes of at least 4 members (excludes halogenated alkanes) is 1. The number of rotatable bonds is 7. The maximum atomic E-state index is 9.71. The van der Waals surface area contributed by atoms with Crippen LogP contribution in [-0.2, 0) is 13.1 Å². The fraction of sp³-hybridized carbons (Fsp3) is 0.400. The zero-order valence-electron chi connectivity index (χ0n) is 11.3. The highest BCUT2D eigenvalue weighted by molar-refractivity contribution is 5.35. The first kappa shape index (κ1) is 13.6. The van der Waals surface area contributed by atoms with Gasteiger partial charge in [-0.05, 0) is 32.4 Å². The summed E-state index contributed by atoms with van der Waals surface area (Å²) in [6.07, 6.45) is 7.88. The van der Waals surface area contributed by atoms with Gasteiger partial charge in [0.25, 0.3) is 0 Å². The van der Waals surface area contributed by atoms with Crippen molar-refractivity contribution in [2.24, 2.45) is 0 Å². The van der Waals surface area contributed by atoms with Crippen molar-refractivity contribution in [3.8, 4) is 5.75 Å². The topological polar surface area (TPSA) is 50.1 Å². The molecular weight excluding hydrogens is 238 g/mol. The Morgan fingerprint density at radius 2 is 2.21 bits per heavy atom. The fourth-order valence-electron chi connectivity index (χ4n) is 2.04. The average Bonchev–Trinajstić information content (AvgIpc) is 2.90. The number of aryl methyl sites for hydroxylation is 2. The van der Waals surface area contributed by atoms with Crippen LogP contribution in [0.2, 0.25) is 0 Å². The first-order valence-electron chi connectivity index (χ1n) is 6.70. The summed E-state index contributed by atoms with van der Waals surface area (Å²) in [5.41, 5.74) is 2.14. The number of aromatic hydroxyl groups is 1.